The monoisotopic (exact) mass is 337 g/mol. The third-order valence-electron chi connectivity index (χ3n) is 2.79. The van der Waals surface area contributed by atoms with Crippen LogP contribution in [0.1, 0.15) is 12.5 Å². The Hall–Kier alpha value is -3.10. The van der Waals surface area contributed by atoms with Gasteiger partial charge in [0, 0.05) is 0 Å². The summed E-state index contributed by atoms with van der Waals surface area (Å²) in [5, 5.41) is 15.1. The van der Waals surface area contributed by atoms with E-state index in [1.54, 1.807) is 24.3 Å². The molecular weight excluding hydrogens is 318 g/mol. The molecule has 0 aliphatic carbocycles. The van der Waals surface area contributed by atoms with E-state index >= 15 is 0 Å². The number of hydrogen-bond donors (Lipinski definition) is 4. The van der Waals surface area contributed by atoms with Crippen LogP contribution in [-0.4, -0.2) is 48.1 Å². The Labute approximate surface area is 138 Å². The summed E-state index contributed by atoms with van der Waals surface area (Å²) < 4.78 is 4.92. The molecule has 1 atom stereocenters. The lowest BCUT2D eigenvalue weighted by Crippen LogP contribution is -2.48. The highest BCUT2D eigenvalue weighted by atomic mass is 16.5. The Morgan fingerprint density at radius 3 is 2.38 bits per heavy atom. The first-order valence-corrected chi connectivity index (χ1v) is 7.12. The predicted octanol–water partition coefficient (Wildman–Crippen LogP) is -0.382. The molecule has 9 heteroatoms. The van der Waals surface area contributed by atoms with E-state index in [0.717, 1.165) is 5.56 Å². The molecule has 9 nitrogen and oxygen atoms in total. The molecule has 0 radical (unpaired) electrons. The minimum absolute atomic E-state index is 0.0717. The number of alkyl carbamates (subject to hydrolysis) is 1. The van der Waals surface area contributed by atoms with Gasteiger partial charge in [-0.05, 0) is 12.5 Å². The first-order valence-electron chi connectivity index (χ1n) is 7.12. The average molecular weight is 337 g/mol. The van der Waals surface area contributed by atoms with Crippen LogP contribution in [0.5, 0.6) is 0 Å². The maximum atomic E-state index is 11.6. The second kappa shape index (κ2) is 9.82. The number of ether oxygens (including phenoxy) is 1. The molecule has 0 unspecified atom stereocenters. The molecule has 0 saturated heterocycles. The van der Waals surface area contributed by atoms with E-state index in [-0.39, 0.29) is 13.2 Å². The second-order valence-electron chi connectivity index (χ2n) is 4.82. The summed E-state index contributed by atoms with van der Waals surface area (Å²) in [5.74, 6) is -2.44. The number of nitrogens with one attached hydrogen (secondary N) is 3. The zero-order valence-corrected chi connectivity index (χ0v) is 13.1. The highest BCUT2D eigenvalue weighted by Crippen LogP contribution is 2.00. The van der Waals surface area contributed by atoms with Gasteiger partial charge in [-0.2, -0.15) is 0 Å². The predicted molar refractivity (Wildman–Crippen MR) is 82.9 cm³/mol. The molecular formula is C15H19N3O6. The fraction of sp³-hybridized carbons (Fsp3) is 0.333. The number of carbonyl (C=O) groups is 4. The number of carboxylic acid groups (broad SMARTS) is 1. The van der Waals surface area contributed by atoms with E-state index in [4.69, 9.17) is 9.84 Å². The van der Waals surface area contributed by atoms with E-state index in [1.165, 1.54) is 6.92 Å². The van der Waals surface area contributed by atoms with Crippen molar-refractivity contribution in [2.75, 3.05) is 13.1 Å². The van der Waals surface area contributed by atoms with Gasteiger partial charge in [0.1, 0.15) is 25.7 Å². The van der Waals surface area contributed by atoms with Crippen LogP contribution < -0.4 is 16.0 Å². The van der Waals surface area contributed by atoms with Crippen LogP contribution >= 0.6 is 0 Å². The molecule has 130 valence electrons. The van der Waals surface area contributed by atoms with Crippen LogP contribution in [0.2, 0.25) is 0 Å². The van der Waals surface area contributed by atoms with E-state index in [9.17, 15) is 19.2 Å². The Morgan fingerprint density at radius 2 is 1.75 bits per heavy atom. The molecule has 0 aliphatic rings. The van der Waals surface area contributed by atoms with Crippen molar-refractivity contribution in [2.24, 2.45) is 0 Å². The number of carboxylic acids is 1. The fourth-order valence-corrected chi connectivity index (χ4v) is 1.60. The van der Waals surface area contributed by atoms with Gasteiger partial charge in [0.25, 0.3) is 0 Å². The molecule has 3 amide bonds. The zero-order valence-electron chi connectivity index (χ0n) is 13.1. The minimum Gasteiger partial charge on any atom is -0.480 e. The highest BCUT2D eigenvalue weighted by Gasteiger charge is 2.16. The summed E-state index contributed by atoms with van der Waals surface area (Å²) in [6.45, 7) is 0.554. The third-order valence-corrected chi connectivity index (χ3v) is 2.79. The summed E-state index contributed by atoms with van der Waals surface area (Å²) >= 11 is 0. The molecule has 0 spiro atoms. The summed E-state index contributed by atoms with van der Waals surface area (Å²) in [5.41, 5.74) is 0.806. The van der Waals surface area contributed by atoms with Crippen LogP contribution in [0, 0.1) is 0 Å². The van der Waals surface area contributed by atoms with E-state index in [0.29, 0.717) is 0 Å². The number of carbonyl (C=O) groups excluding carboxylic acids is 3. The molecule has 0 aromatic heterocycles. The normalized spacial score (nSPS) is 11.0. The molecule has 1 rings (SSSR count). The van der Waals surface area contributed by atoms with Crippen molar-refractivity contribution in [3.63, 3.8) is 0 Å². The topological polar surface area (TPSA) is 134 Å². The van der Waals surface area contributed by atoms with Crippen molar-refractivity contribution in [1.29, 1.82) is 0 Å². The Balaban J connectivity index is 2.23. The van der Waals surface area contributed by atoms with Crippen LogP contribution in [0.3, 0.4) is 0 Å². The summed E-state index contributed by atoms with van der Waals surface area (Å²) in [6.07, 6.45) is -0.767. The van der Waals surface area contributed by atoms with E-state index in [1.807, 2.05) is 6.07 Å². The summed E-state index contributed by atoms with van der Waals surface area (Å²) in [4.78, 5) is 44.9. The quantitative estimate of drug-likeness (QED) is 0.511. The molecule has 1 aromatic rings. The molecule has 4 N–H and O–H groups in total. The van der Waals surface area contributed by atoms with E-state index < -0.39 is 36.5 Å². The van der Waals surface area contributed by atoms with Crippen LogP contribution in [0.15, 0.2) is 30.3 Å². The number of amides is 3. The Kier molecular flexibility index (Phi) is 7.76. The van der Waals surface area contributed by atoms with Gasteiger partial charge in [-0.25, -0.2) is 4.79 Å². The van der Waals surface area contributed by atoms with Gasteiger partial charge in [-0.15, -0.1) is 0 Å². The van der Waals surface area contributed by atoms with Gasteiger partial charge >= 0.3 is 12.1 Å². The molecule has 0 aliphatic heterocycles. The second-order valence-corrected chi connectivity index (χ2v) is 4.82. The fourth-order valence-electron chi connectivity index (χ4n) is 1.60. The SMILES string of the molecule is C[C@H](NC(=O)CNC(=O)OCc1ccccc1)C(=O)NCC(=O)O. The number of hydrogen-bond acceptors (Lipinski definition) is 5. The van der Waals surface area contributed by atoms with E-state index in [2.05, 4.69) is 16.0 Å². The molecule has 0 fully saturated rings. The first-order chi connectivity index (χ1) is 11.4. The van der Waals surface area contributed by atoms with Crippen LogP contribution in [0.4, 0.5) is 4.79 Å². The lowest BCUT2D eigenvalue weighted by Gasteiger charge is -2.13. The molecule has 0 saturated carbocycles. The van der Waals surface area contributed by atoms with Crippen molar-refractivity contribution in [1.82, 2.24) is 16.0 Å². The van der Waals surface area contributed by atoms with Crippen molar-refractivity contribution >= 4 is 23.9 Å². The molecule has 0 bridgehead atoms. The highest BCUT2D eigenvalue weighted by molar-refractivity contribution is 5.90. The summed E-state index contributed by atoms with van der Waals surface area (Å²) in [7, 11) is 0. The minimum atomic E-state index is -1.19. The largest absolute Gasteiger partial charge is 0.480 e. The van der Waals surface area contributed by atoms with Crippen LogP contribution in [0.25, 0.3) is 0 Å². The number of rotatable bonds is 8. The zero-order chi connectivity index (χ0) is 17.9. The standard InChI is InChI=1S/C15H19N3O6/c1-10(14(22)16-8-13(20)21)18-12(19)7-17-15(23)24-9-11-5-3-2-4-6-11/h2-6,10H,7-9H2,1H3,(H,16,22)(H,17,23)(H,18,19)(H,20,21)/t10-/m0/s1. The molecule has 1 aromatic carbocycles. The first kappa shape index (κ1) is 18.9. The third kappa shape index (κ3) is 7.78. The van der Waals surface area contributed by atoms with Crippen molar-refractivity contribution < 1.29 is 29.0 Å². The van der Waals surface area contributed by atoms with Gasteiger partial charge in [0.2, 0.25) is 11.8 Å². The Bertz CT molecular complexity index is 590. The average Bonchev–Trinajstić information content (AvgIpc) is 2.56. The van der Waals surface area contributed by atoms with Gasteiger partial charge in [-0.1, -0.05) is 30.3 Å². The summed E-state index contributed by atoms with van der Waals surface area (Å²) in [6, 6.07) is 8.09. The van der Waals surface area contributed by atoms with Crippen molar-refractivity contribution in [2.45, 2.75) is 19.6 Å². The molecule has 0 heterocycles. The van der Waals surface area contributed by atoms with Gasteiger partial charge in [-0.3, -0.25) is 14.4 Å². The lowest BCUT2D eigenvalue weighted by atomic mass is 10.2. The maximum Gasteiger partial charge on any atom is 0.407 e. The number of benzene rings is 1. The van der Waals surface area contributed by atoms with Gasteiger partial charge in [0.15, 0.2) is 0 Å². The smallest absolute Gasteiger partial charge is 0.407 e. The van der Waals surface area contributed by atoms with Gasteiger partial charge < -0.3 is 25.8 Å². The maximum absolute atomic E-state index is 11.6. The lowest BCUT2D eigenvalue weighted by molar-refractivity contribution is -0.138. The number of aliphatic carboxylic acids is 1. The van der Waals surface area contributed by atoms with Crippen molar-refractivity contribution in [3.8, 4) is 0 Å². The van der Waals surface area contributed by atoms with Crippen LogP contribution in [-0.2, 0) is 25.7 Å². The van der Waals surface area contributed by atoms with Gasteiger partial charge in [0.05, 0.1) is 0 Å². The Morgan fingerprint density at radius 1 is 1.08 bits per heavy atom. The molecule has 24 heavy (non-hydrogen) atoms. The van der Waals surface area contributed by atoms with Crippen molar-refractivity contribution in [3.05, 3.63) is 35.9 Å².